The molecule has 0 aliphatic rings. The monoisotopic (exact) mass is 468 g/mol. The summed E-state index contributed by atoms with van der Waals surface area (Å²) < 4.78 is 35.2. The molecule has 0 heterocycles. The average molecular weight is 469 g/mol. The number of rotatable bonds is 15. The first kappa shape index (κ1) is 29.0. The third-order valence-corrected chi connectivity index (χ3v) is 7.46. The van der Waals surface area contributed by atoms with Crippen LogP contribution in [0.1, 0.15) is 134 Å². The first-order chi connectivity index (χ1) is 15.0. The molecule has 0 saturated carbocycles. The van der Waals surface area contributed by atoms with Gasteiger partial charge in [0.05, 0.1) is 0 Å². The van der Waals surface area contributed by atoms with Crippen LogP contribution in [0.4, 0.5) is 0 Å². The molecule has 0 aliphatic carbocycles. The first-order valence-electron chi connectivity index (χ1n) is 12.8. The fourth-order valence-electron chi connectivity index (χ4n) is 4.69. The van der Waals surface area contributed by atoms with Gasteiger partial charge in [0, 0.05) is 5.56 Å². The van der Waals surface area contributed by atoms with Gasteiger partial charge in [-0.3, -0.25) is 4.55 Å². The molecule has 0 bridgehead atoms. The number of phenolic OH excluding ortho intramolecular Hbond substituents is 1. The van der Waals surface area contributed by atoms with Gasteiger partial charge in [0.2, 0.25) is 0 Å². The highest BCUT2D eigenvalue weighted by atomic mass is 32.2. The standard InChI is InChI=1S/C27H48O4S/c1-7-9-11-13-15-17-19-22-21(3)23(20-18-16-14-12-10-8-2)26(32(29,30)31)24(25(22)28)27(4,5)6/h28H,7-20H2,1-6H3,(H,29,30,31). The summed E-state index contributed by atoms with van der Waals surface area (Å²) in [6.45, 7) is 12.0. The van der Waals surface area contributed by atoms with E-state index in [-0.39, 0.29) is 10.6 Å². The van der Waals surface area contributed by atoms with Crippen LogP contribution in [0.25, 0.3) is 0 Å². The minimum atomic E-state index is -4.46. The molecule has 32 heavy (non-hydrogen) atoms. The van der Waals surface area contributed by atoms with Crippen molar-refractivity contribution in [2.24, 2.45) is 0 Å². The van der Waals surface area contributed by atoms with E-state index in [1.807, 2.05) is 27.7 Å². The maximum Gasteiger partial charge on any atom is 0.295 e. The minimum absolute atomic E-state index is 0.0553. The van der Waals surface area contributed by atoms with Crippen LogP contribution in [0.3, 0.4) is 0 Å². The Hall–Kier alpha value is -1.07. The van der Waals surface area contributed by atoms with Gasteiger partial charge in [-0.1, -0.05) is 98.8 Å². The lowest BCUT2D eigenvalue weighted by Gasteiger charge is -2.28. The molecule has 5 heteroatoms. The molecular weight excluding hydrogens is 420 g/mol. The normalized spacial score (nSPS) is 12.5. The second-order valence-corrected chi connectivity index (χ2v) is 11.8. The summed E-state index contributed by atoms with van der Waals surface area (Å²) in [5.41, 5.74) is 2.16. The Bertz CT molecular complexity index is 804. The number of hydrogen-bond acceptors (Lipinski definition) is 3. The smallest absolute Gasteiger partial charge is 0.295 e. The Morgan fingerprint density at radius 3 is 1.53 bits per heavy atom. The molecule has 0 aromatic heterocycles. The van der Waals surface area contributed by atoms with Gasteiger partial charge in [-0.15, -0.1) is 0 Å². The fourth-order valence-corrected chi connectivity index (χ4v) is 5.92. The Balaban J connectivity index is 3.30. The topological polar surface area (TPSA) is 74.6 Å². The van der Waals surface area contributed by atoms with Crippen molar-refractivity contribution in [3.63, 3.8) is 0 Å². The molecule has 1 rings (SSSR count). The van der Waals surface area contributed by atoms with E-state index in [1.54, 1.807) is 0 Å². The van der Waals surface area contributed by atoms with Crippen molar-refractivity contribution in [3.8, 4) is 5.75 Å². The van der Waals surface area contributed by atoms with Crippen LogP contribution in [-0.2, 0) is 28.4 Å². The molecular formula is C27H48O4S. The van der Waals surface area contributed by atoms with Crippen molar-refractivity contribution in [1.29, 1.82) is 0 Å². The lowest BCUT2D eigenvalue weighted by Crippen LogP contribution is -2.21. The van der Waals surface area contributed by atoms with Gasteiger partial charge in [0.25, 0.3) is 10.1 Å². The Labute approximate surface area is 198 Å². The molecule has 2 N–H and O–H groups in total. The number of unbranched alkanes of at least 4 members (excludes halogenated alkanes) is 10. The summed E-state index contributed by atoms with van der Waals surface area (Å²) in [6, 6.07) is 0. The summed E-state index contributed by atoms with van der Waals surface area (Å²) in [7, 11) is -4.46. The number of hydrogen-bond donors (Lipinski definition) is 2. The van der Waals surface area contributed by atoms with Crippen LogP contribution in [0, 0.1) is 6.92 Å². The predicted octanol–water partition coefficient (Wildman–Crippen LogP) is 8.05. The van der Waals surface area contributed by atoms with E-state index in [0.717, 1.165) is 49.7 Å². The second kappa shape index (κ2) is 13.6. The van der Waals surface area contributed by atoms with E-state index in [2.05, 4.69) is 13.8 Å². The first-order valence-corrected chi connectivity index (χ1v) is 14.3. The number of phenols is 1. The molecule has 186 valence electrons. The lowest BCUT2D eigenvalue weighted by atomic mass is 9.80. The largest absolute Gasteiger partial charge is 0.507 e. The third-order valence-electron chi connectivity index (χ3n) is 6.50. The Kier molecular flexibility index (Phi) is 12.3. The van der Waals surface area contributed by atoms with E-state index < -0.39 is 15.5 Å². The maximum atomic E-state index is 12.5. The summed E-state index contributed by atoms with van der Waals surface area (Å²) in [5.74, 6) is 0.0582. The molecule has 0 spiro atoms. The summed E-state index contributed by atoms with van der Waals surface area (Å²) in [6.07, 6.45) is 15.0. The number of aromatic hydroxyl groups is 1. The van der Waals surface area contributed by atoms with Gasteiger partial charge < -0.3 is 5.11 Å². The fraction of sp³-hybridized carbons (Fsp3) is 0.778. The van der Waals surface area contributed by atoms with E-state index in [4.69, 9.17) is 0 Å². The van der Waals surface area contributed by atoms with Crippen molar-refractivity contribution in [3.05, 3.63) is 22.3 Å². The van der Waals surface area contributed by atoms with Gasteiger partial charge in [-0.05, 0) is 54.7 Å². The van der Waals surface area contributed by atoms with Gasteiger partial charge >= 0.3 is 0 Å². The molecule has 0 fully saturated rings. The third kappa shape index (κ3) is 8.70. The zero-order chi connectivity index (χ0) is 24.4. The van der Waals surface area contributed by atoms with Crippen LogP contribution < -0.4 is 0 Å². The van der Waals surface area contributed by atoms with Gasteiger partial charge in [0.15, 0.2) is 0 Å². The van der Waals surface area contributed by atoms with Crippen LogP contribution in [0.15, 0.2) is 4.90 Å². The van der Waals surface area contributed by atoms with Crippen molar-refractivity contribution in [2.45, 2.75) is 142 Å². The summed E-state index contributed by atoms with van der Waals surface area (Å²) in [5, 5.41) is 11.2. The molecule has 1 aromatic rings. The SMILES string of the molecule is CCCCCCCCc1c(C)c(CCCCCCCC)c(S(=O)(=O)O)c(C(C)(C)C)c1O. The van der Waals surface area contributed by atoms with Crippen LogP contribution in [-0.4, -0.2) is 18.1 Å². The predicted molar refractivity (Wildman–Crippen MR) is 136 cm³/mol. The zero-order valence-electron chi connectivity index (χ0n) is 21.5. The summed E-state index contributed by atoms with van der Waals surface area (Å²) in [4.78, 5) is -0.0553. The Morgan fingerprint density at radius 1 is 0.719 bits per heavy atom. The molecule has 1 aromatic carbocycles. The van der Waals surface area contributed by atoms with Crippen LogP contribution in [0.5, 0.6) is 5.75 Å². The van der Waals surface area contributed by atoms with E-state index in [0.29, 0.717) is 17.5 Å². The molecule has 0 saturated heterocycles. The summed E-state index contributed by atoms with van der Waals surface area (Å²) >= 11 is 0. The van der Waals surface area contributed by atoms with Gasteiger partial charge in [-0.25, -0.2) is 0 Å². The molecule has 0 atom stereocenters. The molecule has 0 radical (unpaired) electrons. The quantitative estimate of drug-likeness (QED) is 0.202. The molecule has 0 amide bonds. The minimum Gasteiger partial charge on any atom is -0.507 e. The second-order valence-electron chi connectivity index (χ2n) is 10.4. The van der Waals surface area contributed by atoms with Crippen LogP contribution in [0.2, 0.25) is 0 Å². The van der Waals surface area contributed by atoms with Crippen molar-refractivity contribution < 1.29 is 18.1 Å². The van der Waals surface area contributed by atoms with Crippen LogP contribution >= 0.6 is 0 Å². The highest BCUT2D eigenvalue weighted by Crippen LogP contribution is 2.43. The zero-order valence-corrected chi connectivity index (χ0v) is 22.3. The van der Waals surface area contributed by atoms with Crippen molar-refractivity contribution in [2.75, 3.05) is 0 Å². The Morgan fingerprint density at radius 2 is 1.12 bits per heavy atom. The molecule has 0 unspecified atom stereocenters. The van der Waals surface area contributed by atoms with Crippen molar-refractivity contribution >= 4 is 10.1 Å². The van der Waals surface area contributed by atoms with Gasteiger partial charge in [-0.2, -0.15) is 8.42 Å². The number of benzene rings is 1. The highest BCUT2D eigenvalue weighted by Gasteiger charge is 2.33. The van der Waals surface area contributed by atoms with E-state index in [1.165, 1.54) is 44.9 Å². The molecule has 4 nitrogen and oxygen atoms in total. The van der Waals surface area contributed by atoms with Gasteiger partial charge in [0.1, 0.15) is 10.6 Å². The van der Waals surface area contributed by atoms with E-state index >= 15 is 0 Å². The average Bonchev–Trinajstić information content (AvgIpc) is 2.68. The van der Waals surface area contributed by atoms with E-state index in [9.17, 15) is 18.1 Å². The van der Waals surface area contributed by atoms with Crippen molar-refractivity contribution in [1.82, 2.24) is 0 Å². The lowest BCUT2D eigenvalue weighted by molar-refractivity contribution is 0.423. The highest BCUT2D eigenvalue weighted by molar-refractivity contribution is 7.86. The molecule has 0 aliphatic heterocycles. The maximum absolute atomic E-state index is 12.5.